The van der Waals surface area contributed by atoms with Crippen molar-refractivity contribution >= 4 is 17.6 Å². The van der Waals surface area contributed by atoms with Crippen molar-refractivity contribution in [1.82, 2.24) is 24.6 Å². The zero-order valence-corrected chi connectivity index (χ0v) is 21.0. The van der Waals surface area contributed by atoms with Gasteiger partial charge in [-0.05, 0) is 59.9 Å². The third-order valence-corrected chi connectivity index (χ3v) is 6.91. The Morgan fingerprint density at radius 1 is 1.11 bits per heavy atom. The van der Waals surface area contributed by atoms with Crippen molar-refractivity contribution < 1.29 is 9.59 Å². The van der Waals surface area contributed by atoms with Crippen LogP contribution >= 0.6 is 0 Å². The highest BCUT2D eigenvalue weighted by atomic mass is 16.2. The van der Waals surface area contributed by atoms with Crippen LogP contribution in [0, 0.1) is 0 Å². The molecule has 188 valence electrons. The van der Waals surface area contributed by atoms with Crippen LogP contribution in [-0.2, 0) is 18.3 Å². The van der Waals surface area contributed by atoms with E-state index in [2.05, 4.69) is 22.3 Å². The van der Waals surface area contributed by atoms with Gasteiger partial charge in [0.2, 0.25) is 5.91 Å². The van der Waals surface area contributed by atoms with Gasteiger partial charge in [-0.25, -0.2) is 19.0 Å². The minimum atomic E-state index is -0.322. The van der Waals surface area contributed by atoms with E-state index in [9.17, 15) is 14.4 Å². The maximum Gasteiger partial charge on any atom is 0.350 e. The first-order valence-corrected chi connectivity index (χ1v) is 12.3. The van der Waals surface area contributed by atoms with Crippen LogP contribution in [0.15, 0.2) is 71.9 Å². The fourth-order valence-electron chi connectivity index (χ4n) is 4.94. The summed E-state index contributed by atoms with van der Waals surface area (Å²) in [5.74, 6) is 0.158. The van der Waals surface area contributed by atoms with Gasteiger partial charge in [-0.3, -0.25) is 14.5 Å². The molecule has 4 aromatic rings. The molecule has 1 fully saturated rings. The number of aromatic nitrogens is 4. The molecule has 2 aromatic heterocycles. The Morgan fingerprint density at radius 2 is 1.89 bits per heavy atom. The quantitative estimate of drug-likeness (QED) is 0.442. The monoisotopic (exact) mass is 496 g/mol. The Hall–Kier alpha value is -4.53. The van der Waals surface area contributed by atoms with Crippen LogP contribution < -0.4 is 15.9 Å². The fraction of sp³-hybridized carbons (Fsp3) is 0.250. The predicted octanol–water partition coefficient (Wildman–Crippen LogP) is 3.08. The molecule has 37 heavy (non-hydrogen) atoms. The van der Waals surface area contributed by atoms with E-state index in [0.29, 0.717) is 30.8 Å². The zero-order chi connectivity index (χ0) is 26.1. The van der Waals surface area contributed by atoms with E-state index in [1.807, 2.05) is 42.5 Å². The van der Waals surface area contributed by atoms with Crippen LogP contribution in [-0.4, -0.2) is 44.7 Å². The molecule has 9 nitrogen and oxygen atoms in total. The van der Waals surface area contributed by atoms with Gasteiger partial charge in [0.15, 0.2) is 0 Å². The molecular weight excluding hydrogens is 468 g/mol. The number of benzene rings is 2. The van der Waals surface area contributed by atoms with Crippen molar-refractivity contribution in [3.8, 4) is 16.8 Å². The van der Waals surface area contributed by atoms with Crippen molar-refractivity contribution in [3.63, 3.8) is 0 Å². The average molecular weight is 497 g/mol. The summed E-state index contributed by atoms with van der Waals surface area (Å²) in [6, 6.07) is 16.9. The number of carbonyl (C=O) groups excluding carboxylic acids is 2. The smallest absolute Gasteiger partial charge is 0.350 e. The Morgan fingerprint density at radius 3 is 2.57 bits per heavy atom. The molecule has 1 saturated heterocycles. The molecule has 0 bridgehead atoms. The summed E-state index contributed by atoms with van der Waals surface area (Å²) < 4.78 is 2.78. The average Bonchev–Trinajstić information content (AvgIpc) is 3.49. The molecule has 2 amide bonds. The second kappa shape index (κ2) is 9.85. The van der Waals surface area contributed by atoms with Gasteiger partial charge in [-0.2, -0.15) is 5.10 Å². The van der Waals surface area contributed by atoms with Gasteiger partial charge < -0.3 is 5.32 Å². The maximum atomic E-state index is 13.6. The van der Waals surface area contributed by atoms with E-state index in [1.165, 1.54) is 15.6 Å². The number of nitrogens with zero attached hydrogens (tertiary/aromatic N) is 5. The number of carbonyl (C=O) groups is 2. The van der Waals surface area contributed by atoms with Crippen molar-refractivity contribution in [2.75, 3.05) is 18.5 Å². The topological polar surface area (TPSA) is 102 Å². The number of anilines is 1. The molecule has 0 aliphatic carbocycles. The van der Waals surface area contributed by atoms with Gasteiger partial charge in [0.05, 0.1) is 11.6 Å². The predicted molar refractivity (Wildman–Crippen MR) is 141 cm³/mol. The van der Waals surface area contributed by atoms with Crippen molar-refractivity contribution in [2.24, 2.45) is 7.05 Å². The maximum absolute atomic E-state index is 13.6. The van der Waals surface area contributed by atoms with E-state index in [-0.39, 0.29) is 23.4 Å². The molecule has 1 N–H and O–H groups in total. The molecule has 0 saturated carbocycles. The molecule has 5 rings (SSSR count). The van der Waals surface area contributed by atoms with Gasteiger partial charge in [0.25, 0.3) is 5.91 Å². The van der Waals surface area contributed by atoms with Gasteiger partial charge in [0.1, 0.15) is 12.1 Å². The van der Waals surface area contributed by atoms with Crippen LogP contribution in [0.4, 0.5) is 5.82 Å². The van der Waals surface area contributed by atoms with Crippen LogP contribution in [0.1, 0.15) is 40.7 Å². The lowest BCUT2D eigenvalue weighted by Crippen LogP contribution is -2.28. The molecule has 2 aromatic carbocycles. The highest BCUT2D eigenvalue weighted by Crippen LogP contribution is 2.36. The Balaban J connectivity index is 1.45. The first-order valence-electron chi connectivity index (χ1n) is 12.3. The minimum Gasteiger partial charge on any atom is -0.355 e. The largest absolute Gasteiger partial charge is 0.355 e. The number of hydrogen-bond donors (Lipinski definition) is 1. The molecule has 1 aliphatic heterocycles. The lowest BCUT2D eigenvalue weighted by atomic mass is 9.95. The summed E-state index contributed by atoms with van der Waals surface area (Å²) in [7, 11) is 3.21. The lowest BCUT2D eigenvalue weighted by molar-refractivity contribution is -0.118. The third-order valence-electron chi connectivity index (χ3n) is 6.91. The summed E-state index contributed by atoms with van der Waals surface area (Å²) >= 11 is 0. The lowest BCUT2D eigenvalue weighted by Gasteiger charge is -2.21. The normalized spacial score (nSPS) is 15.3. The molecular formula is C28H28N6O3. The molecule has 1 unspecified atom stereocenters. The van der Waals surface area contributed by atoms with E-state index in [4.69, 9.17) is 0 Å². The van der Waals surface area contributed by atoms with E-state index in [1.54, 1.807) is 37.3 Å². The van der Waals surface area contributed by atoms with Gasteiger partial charge >= 0.3 is 5.69 Å². The molecule has 3 heterocycles. The Bertz CT molecular complexity index is 1540. The molecule has 1 aliphatic rings. The van der Waals surface area contributed by atoms with Crippen LogP contribution in [0.5, 0.6) is 0 Å². The van der Waals surface area contributed by atoms with Gasteiger partial charge in [-0.1, -0.05) is 31.2 Å². The second-order valence-corrected chi connectivity index (χ2v) is 9.00. The van der Waals surface area contributed by atoms with E-state index >= 15 is 0 Å². The summed E-state index contributed by atoms with van der Waals surface area (Å²) in [6.45, 7) is 2.61. The van der Waals surface area contributed by atoms with Crippen molar-refractivity contribution in [1.29, 1.82) is 0 Å². The highest BCUT2D eigenvalue weighted by molar-refractivity contribution is 6.01. The van der Waals surface area contributed by atoms with Gasteiger partial charge in [0, 0.05) is 38.0 Å². The van der Waals surface area contributed by atoms with E-state index in [0.717, 1.165) is 27.9 Å². The molecule has 9 heteroatoms. The summed E-state index contributed by atoms with van der Waals surface area (Å²) in [6.07, 6.45) is 4.58. The summed E-state index contributed by atoms with van der Waals surface area (Å²) in [5.41, 5.74) is 4.85. The van der Waals surface area contributed by atoms with Crippen molar-refractivity contribution in [3.05, 3.63) is 94.3 Å². The minimum absolute atomic E-state index is 0.0142. The first-order chi connectivity index (χ1) is 17.9. The Labute approximate surface area is 214 Å². The number of hydrogen-bond acceptors (Lipinski definition) is 5. The summed E-state index contributed by atoms with van der Waals surface area (Å²) in [4.78, 5) is 44.3. The van der Waals surface area contributed by atoms with Crippen molar-refractivity contribution in [2.45, 2.75) is 25.7 Å². The molecule has 0 spiro atoms. The van der Waals surface area contributed by atoms with Gasteiger partial charge in [-0.15, -0.1) is 0 Å². The molecule has 0 radical (unpaired) electrons. The first kappa shape index (κ1) is 24.2. The number of aryl methyl sites for hydroxylation is 1. The Kier molecular flexibility index (Phi) is 6.43. The van der Waals surface area contributed by atoms with Crippen LogP contribution in [0.25, 0.3) is 16.8 Å². The number of amides is 2. The third kappa shape index (κ3) is 4.33. The van der Waals surface area contributed by atoms with E-state index < -0.39 is 0 Å². The number of rotatable bonds is 6. The highest BCUT2D eigenvalue weighted by Gasteiger charge is 2.35. The number of pyridine rings is 1. The molecule has 1 atom stereocenters. The summed E-state index contributed by atoms with van der Waals surface area (Å²) in [5, 5.41) is 6.64. The number of nitrogens with one attached hydrogen (secondary N) is 1. The fourth-order valence-corrected chi connectivity index (χ4v) is 4.94. The second-order valence-electron chi connectivity index (χ2n) is 9.00. The van der Waals surface area contributed by atoms with Crippen LogP contribution in [0.2, 0.25) is 0 Å². The van der Waals surface area contributed by atoms with Crippen LogP contribution in [0.3, 0.4) is 0 Å². The zero-order valence-electron chi connectivity index (χ0n) is 21.0. The SMILES string of the molecule is CCc1c(-c2ccc(-n3cnn(C)c3=O)cc2)ccnc1N1CCC(c2cccc(C(=O)NC)c2)C1=O. The standard InChI is InChI=1S/C28H28N6O3/c1-4-22-23(18-8-10-21(11-9-18)34-17-31-32(3)28(34)37)12-14-30-25(22)33-15-13-24(27(33)36)19-6-5-7-20(16-19)26(35)29-2/h5-12,14,16-17,24H,4,13,15H2,1-3H3,(H,29,35).